The van der Waals surface area contributed by atoms with Gasteiger partial charge in [0.2, 0.25) is 0 Å². The van der Waals surface area contributed by atoms with Crippen molar-refractivity contribution in [3.63, 3.8) is 0 Å². The number of nitrogens with one attached hydrogen (secondary N) is 1. The summed E-state index contributed by atoms with van der Waals surface area (Å²) in [5.74, 6) is 0.799. The van der Waals surface area contributed by atoms with Gasteiger partial charge in [0.05, 0.1) is 5.92 Å². The van der Waals surface area contributed by atoms with E-state index in [0.717, 1.165) is 12.0 Å². The van der Waals surface area contributed by atoms with E-state index in [1.54, 1.807) is 36.4 Å². The molecule has 0 unspecified atom stereocenters. The van der Waals surface area contributed by atoms with E-state index in [0.29, 0.717) is 35.2 Å². The highest BCUT2D eigenvalue weighted by Gasteiger charge is 2.40. The molecular formula is C20H20ClNO3. The number of benzene rings is 2. The van der Waals surface area contributed by atoms with Crippen LogP contribution in [0.5, 0.6) is 5.75 Å². The third-order valence-corrected chi connectivity index (χ3v) is 4.61. The molecule has 4 nitrogen and oxygen atoms in total. The standard InChI is InChI=1S/C20H20ClNO3/c1-13-12-18(13)20(24)25-17-8-2-14(3-9-17)10-11-22-19(23)15-4-6-16(21)7-5-15/h2-9,13,18H,10-12H2,1H3,(H,22,23)/t13-,18-/m1/s1. The largest absolute Gasteiger partial charge is 0.426 e. The summed E-state index contributed by atoms with van der Waals surface area (Å²) in [6.07, 6.45) is 1.62. The van der Waals surface area contributed by atoms with Crippen molar-refractivity contribution in [1.29, 1.82) is 0 Å². The van der Waals surface area contributed by atoms with Crippen LogP contribution in [0.4, 0.5) is 0 Å². The number of carbonyl (C=O) groups excluding carboxylic acids is 2. The van der Waals surface area contributed by atoms with Gasteiger partial charge in [0.1, 0.15) is 5.75 Å². The minimum absolute atomic E-state index is 0.0581. The van der Waals surface area contributed by atoms with Crippen LogP contribution in [0.1, 0.15) is 29.3 Å². The first-order valence-corrected chi connectivity index (χ1v) is 8.75. The molecule has 0 saturated heterocycles. The minimum Gasteiger partial charge on any atom is -0.426 e. The van der Waals surface area contributed by atoms with Crippen LogP contribution < -0.4 is 10.1 Å². The van der Waals surface area contributed by atoms with Crippen molar-refractivity contribution >= 4 is 23.5 Å². The average Bonchev–Trinajstić information content (AvgIpc) is 3.34. The lowest BCUT2D eigenvalue weighted by atomic mass is 10.1. The van der Waals surface area contributed by atoms with Crippen molar-refractivity contribution in [2.24, 2.45) is 11.8 Å². The quantitative estimate of drug-likeness (QED) is 0.630. The van der Waals surface area contributed by atoms with Gasteiger partial charge in [-0.3, -0.25) is 9.59 Å². The Labute approximate surface area is 152 Å². The number of carbonyl (C=O) groups is 2. The van der Waals surface area contributed by atoms with Gasteiger partial charge in [-0.1, -0.05) is 30.7 Å². The second kappa shape index (κ2) is 7.70. The molecule has 130 valence electrons. The molecule has 25 heavy (non-hydrogen) atoms. The molecule has 2 atom stereocenters. The molecule has 1 amide bonds. The lowest BCUT2D eigenvalue weighted by Crippen LogP contribution is -2.25. The highest BCUT2D eigenvalue weighted by Crippen LogP contribution is 2.38. The summed E-state index contributed by atoms with van der Waals surface area (Å²) in [5, 5.41) is 3.48. The Kier molecular flexibility index (Phi) is 5.39. The fourth-order valence-electron chi connectivity index (χ4n) is 2.59. The van der Waals surface area contributed by atoms with E-state index in [1.165, 1.54) is 0 Å². The number of halogens is 1. The van der Waals surface area contributed by atoms with Crippen molar-refractivity contribution in [2.45, 2.75) is 19.8 Å². The van der Waals surface area contributed by atoms with E-state index >= 15 is 0 Å². The molecular weight excluding hydrogens is 338 g/mol. The molecule has 0 aromatic heterocycles. The summed E-state index contributed by atoms with van der Waals surface area (Å²) in [7, 11) is 0. The predicted molar refractivity (Wildman–Crippen MR) is 96.8 cm³/mol. The van der Waals surface area contributed by atoms with Crippen molar-refractivity contribution in [3.8, 4) is 5.75 Å². The molecule has 0 radical (unpaired) electrons. The van der Waals surface area contributed by atoms with E-state index in [1.807, 2.05) is 19.1 Å². The highest BCUT2D eigenvalue weighted by atomic mass is 35.5. The Morgan fingerprint density at radius 3 is 2.36 bits per heavy atom. The van der Waals surface area contributed by atoms with E-state index in [2.05, 4.69) is 5.32 Å². The number of amides is 1. The van der Waals surface area contributed by atoms with Gasteiger partial charge in [0.15, 0.2) is 0 Å². The zero-order valence-electron chi connectivity index (χ0n) is 14.0. The first-order valence-electron chi connectivity index (χ1n) is 8.37. The summed E-state index contributed by atoms with van der Waals surface area (Å²) in [5.41, 5.74) is 1.65. The van der Waals surface area contributed by atoms with Gasteiger partial charge in [0.25, 0.3) is 5.91 Å². The number of esters is 1. The number of hydrogen-bond acceptors (Lipinski definition) is 3. The van der Waals surface area contributed by atoms with Gasteiger partial charge >= 0.3 is 5.97 Å². The molecule has 1 saturated carbocycles. The van der Waals surface area contributed by atoms with Gasteiger partial charge in [-0.15, -0.1) is 0 Å². The Morgan fingerprint density at radius 1 is 1.12 bits per heavy atom. The molecule has 3 rings (SSSR count). The lowest BCUT2D eigenvalue weighted by Gasteiger charge is -2.07. The maximum atomic E-state index is 12.0. The molecule has 0 bridgehead atoms. The number of hydrogen-bond donors (Lipinski definition) is 1. The molecule has 1 fully saturated rings. The van der Waals surface area contributed by atoms with Crippen LogP contribution in [0, 0.1) is 11.8 Å². The topological polar surface area (TPSA) is 55.4 Å². The first kappa shape index (κ1) is 17.5. The Hall–Kier alpha value is -2.33. The zero-order valence-corrected chi connectivity index (χ0v) is 14.8. The van der Waals surface area contributed by atoms with Crippen LogP contribution in [-0.4, -0.2) is 18.4 Å². The molecule has 0 heterocycles. The van der Waals surface area contributed by atoms with Crippen LogP contribution in [0.2, 0.25) is 5.02 Å². The van der Waals surface area contributed by atoms with Crippen LogP contribution in [0.15, 0.2) is 48.5 Å². The molecule has 1 aliphatic rings. The molecule has 2 aromatic carbocycles. The Balaban J connectivity index is 1.44. The summed E-state index contributed by atoms with van der Waals surface area (Å²) < 4.78 is 5.35. The minimum atomic E-state index is -0.143. The fourth-order valence-corrected chi connectivity index (χ4v) is 2.72. The van der Waals surface area contributed by atoms with Crippen LogP contribution in [-0.2, 0) is 11.2 Å². The highest BCUT2D eigenvalue weighted by molar-refractivity contribution is 6.30. The predicted octanol–water partition coefficient (Wildman–Crippen LogP) is 3.87. The molecule has 0 aliphatic heterocycles. The van der Waals surface area contributed by atoms with E-state index < -0.39 is 0 Å². The van der Waals surface area contributed by atoms with E-state index in [9.17, 15) is 9.59 Å². The number of ether oxygens (including phenoxy) is 1. The SMILES string of the molecule is C[C@@H]1C[C@H]1C(=O)Oc1ccc(CCNC(=O)c2ccc(Cl)cc2)cc1. The van der Waals surface area contributed by atoms with Crippen LogP contribution in [0.3, 0.4) is 0 Å². The zero-order chi connectivity index (χ0) is 17.8. The number of rotatable bonds is 6. The Morgan fingerprint density at radius 2 is 1.76 bits per heavy atom. The van der Waals surface area contributed by atoms with Gasteiger partial charge in [-0.2, -0.15) is 0 Å². The van der Waals surface area contributed by atoms with Gasteiger partial charge in [0, 0.05) is 17.1 Å². The van der Waals surface area contributed by atoms with Gasteiger partial charge < -0.3 is 10.1 Å². The lowest BCUT2D eigenvalue weighted by molar-refractivity contribution is -0.136. The first-order chi connectivity index (χ1) is 12.0. The summed E-state index contributed by atoms with van der Waals surface area (Å²) in [6, 6.07) is 14.2. The van der Waals surface area contributed by atoms with Crippen LogP contribution in [0.25, 0.3) is 0 Å². The third-order valence-electron chi connectivity index (χ3n) is 4.36. The monoisotopic (exact) mass is 357 g/mol. The fraction of sp³-hybridized carbons (Fsp3) is 0.300. The maximum Gasteiger partial charge on any atom is 0.314 e. The van der Waals surface area contributed by atoms with Gasteiger partial charge in [-0.25, -0.2) is 0 Å². The smallest absolute Gasteiger partial charge is 0.314 e. The molecule has 1 aliphatic carbocycles. The second-order valence-corrected chi connectivity index (χ2v) is 6.83. The van der Waals surface area contributed by atoms with Crippen molar-refractivity contribution in [2.75, 3.05) is 6.54 Å². The van der Waals surface area contributed by atoms with Crippen molar-refractivity contribution < 1.29 is 14.3 Å². The van der Waals surface area contributed by atoms with Gasteiger partial charge in [-0.05, 0) is 60.7 Å². The summed E-state index contributed by atoms with van der Waals surface area (Å²) in [4.78, 5) is 23.8. The molecule has 5 heteroatoms. The molecule has 0 spiro atoms. The Bertz CT molecular complexity index is 756. The molecule has 2 aromatic rings. The third kappa shape index (κ3) is 4.83. The average molecular weight is 358 g/mol. The maximum absolute atomic E-state index is 12.0. The summed E-state index contributed by atoms with van der Waals surface area (Å²) in [6.45, 7) is 2.58. The van der Waals surface area contributed by atoms with Crippen LogP contribution >= 0.6 is 11.6 Å². The molecule has 1 N–H and O–H groups in total. The van der Waals surface area contributed by atoms with Crippen molar-refractivity contribution in [3.05, 3.63) is 64.7 Å². The van der Waals surface area contributed by atoms with E-state index in [-0.39, 0.29) is 17.8 Å². The van der Waals surface area contributed by atoms with Crippen molar-refractivity contribution in [1.82, 2.24) is 5.32 Å². The second-order valence-electron chi connectivity index (χ2n) is 6.40. The summed E-state index contributed by atoms with van der Waals surface area (Å²) >= 11 is 5.81. The normalized spacial score (nSPS) is 18.5. The van der Waals surface area contributed by atoms with E-state index in [4.69, 9.17) is 16.3 Å².